The summed E-state index contributed by atoms with van der Waals surface area (Å²) in [5.41, 5.74) is 21.4. The van der Waals surface area contributed by atoms with E-state index in [0.29, 0.717) is 0 Å². The second-order valence-electron chi connectivity index (χ2n) is 15.1. The van der Waals surface area contributed by atoms with Crippen LogP contribution in [0.15, 0.2) is 189 Å². The van der Waals surface area contributed by atoms with Crippen molar-refractivity contribution in [3.8, 4) is 16.8 Å². The Hall–Kier alpha value is -7.76. The Morgan fingerprint density at radius 2 is 0.879 bits per heavy atom. The monoisotopic (exact) mass is 746 g/mol. The zero-order valence-corrected chi connectivity index (χ0v) is 31.5. The number of benzene rings is 8. The number of hydrogen-bond acceptors (Lipinski definition) is 4. The van der Waals surface area contributed by atoms with Crippen molar-refractivity contribution < 1.29 is 13.3 Å². The number of hydrogen-bond donors (Lipinski definition) is 1. The zero-order chi connectivity index (χ0) is 38.5. The highest BCUT2D eigenvalue weighted by Crippen LogP contribution is 2.39. The molecule has 2 N–H and O–H groups in total. The molecule has 0 spiro atoms. The van der Waals surface area contributed by atoms with E-state index in [2.05, 4.69) is 163 Å². The highest BCUT2D eigenvalue weighted by molar-refractivity contribution is 6.12. The fourth-order valence-corrected chi connectivity index (χ4v) is 8.94. The van der Waals surface area contributed by atoms with E-state index < -0.39 is 0 Å². The minimum Gasteiger partial charge on any atom is -0.456 e. The summed E-state index contributed by atoms with van der Waals surface area (Å²) in [5, 5.41) is 8.95. The third-order valence-corrected chi connectivity index (χ3v) is 11.8. The van der Waals surface area contributed by atoms with Crippen LogP contribution in [0.5, 0.6) is 0 Å². The number of fused-ring (bicyclic) bond motifs is 12. The minimum atomic E-state index is 0.835. The molecule has 0 aliphatic carbocycles. The Morgan fingerprint density at radius 1 is 0.431 bits per heavy atom. The fraction of sp³-hybridized carbons (Fsp3) is 0.0189. The van der Waals surface area contributed by atoms with Crippen LogP contribution in [0.1, 0.15) is 18.1 Å². The number of nitrogens with two attached hydrogens (primary N) is 1. The maximum Gasteiger partial charge on any atom is 0.135 e. The highest BCUT2D eigenvalue weighted by Gasteiger charge is 2.16. The third-order valence-electron chi connectivity index (χ3n) is 11.8. The van der Waals surface area contributed by atoms with E-state index in [9.17, 15) is 0 Å². The summed E-state index contributed by atoms with van der Waals surface area (Å²) in [7, 11) is 0. The SMILES string of the molecule is C/C(=C\C(=C/N)c1ccc2oc3ccc(-c4ccc5oc6ccccc6c5c4)cc3c2c1)c1ccc2oc3ccc(-n4c5ccccc5c5ccccc54)cc3c2c1. The summed E-state index contributed by atoms with van der Waals surface area (Å²) in [4.78, 5) is 0. The second kappa shape index (κ2) is 12.4. The van der Waals surface area contributed by atoms with Crippen molar-refractivity contribution in [2.75, 3.05) is 0 Å². The number of furan rings is 3. The number of rotatable bonds is 5. The summed E-state index contributed by atoms with van der Waals surface area (Å²) < 4.78 is 21.1. The van der Waals surface area contributed by atoms with Crippen LogP contribution in [0.4, 0.5) is 0 Å². The molecule has 4 heterocycles. The van der Waals surface area contributed by atoms with Crippen molar-refractivity contribution in [1.29, 1.82) is 0 Å². The van der Waals surface area contributed by atoms with E-state index in [1.54, 1.807) is 6.20 Å². The summed E-state index contributed by atoms with van der Waals surface area (Å²) in [6.07, 6.45) is 3.85. The van der Waals surface area contributed by atoms with Gasteiger partial charge in [-0.05, 0) is 131 Å². The Morgan fingerprint density at radius 3 is 1.50 bits per heavy atom. The van der Waals surface area contributed by atoms with E-state index in [0.717, 1.165) is 105 Å². The van der Waals surface area contributed by atoms with Gasteiger partial charge in [0.1, 0.15) is 33.5 Å². The van der Waals surface area contributed by atoms with Gasteiger partial charge in [0, 0.05) is 55.0 Å². The van der Waals surface area contributed by atoms with Crippen LogP contribution in [-0.4, -0.2) is 4.57 Å². The highest BCUT2D eigenvalue weighted by atomic mass is 16.3. The normalized spacial score (nSPS) is 12.8. The minimum absolute atomic E-state index is 0.835. The topological polar surface area (TPSA) is 70.4 Å². The van der Waals surface area contributed by atoms with E-state index in [1.807, 2.05) is 18.2 Å². The predicted molar refractivity (Wildman–Crippen MR) is 240 cm³/mol. The Balaban J connectivity index is 0.912. The molecule has 274 valence electrons. The molecule has 5 nitrogen and oxygen atoms in total. The van der Waals surface area contributed by atoms with Gasteiger partial charge in [0.15, 0.2) is 0 Å². The van der Waals surface area contributed by atoms with Crippen LogP contribution in [0, 0.1) is 0 Å². The van der Waals surface area contributed by atoms with Crippen molar-refractivity contribution in [3.63, 3.8) is 0 Å². The summed E-state index contributed by atoms with van der Waals surface area (Å²) in [5.74, 6) is 0. The first-order chi connectivity index (χ1) is 28.6. The zero-order valence-electron chi connectivity index (χ0n) is 31.5. The molecule has 58 heavy (non-hydrogen) atoms. The molecule has 12 rings (SSSR count). The number of para-hydroxylation sites is 3. The van der Waals surface area contributed by atoms with Crippen LogP contribution >= 0.6 is 0 Å². The van der Waals surface area contributed by atoms with Gasteiger partial charge < -0.3 is 23.6 Å². The van der Waals surface area contributed by atoms with Crippen LogP contribution in [0.2, 0.25) is 0 Å². The van der Waals surface area contributed by atoms with Crippen molar-refractivity contribution in [1.82, 2.24) is 4.57 Å². The lowest BCUT2D eigenvalue weighted by molar-refractivity contribution is 0.668. The van der Waals surface area contributed by atoms with Crippen molar-refractivity contribution >= 4 is 98.8 Å². The first kappa shape index (κ1) is 32.5. The Bertz CT molecular complexity index is 3660. The largest absolute Gasteiger partial charge is 0.456 e. The molecule has 0 bridgehead atoms. The fourth-order valence-electron chi connectivity index (χ4n) is 8.94. The van der Waals surface area contributed by atoms with Gasteiger partial charge in [-0.2, -0.15) is 0 Å². The molecule has 8 aromatic carbocycles. The molecular weight excluding hydrogens is 713 g/mol. The van der Waals surface area contributed by atoms with Gasteiger partial charge in [0.2, 0.25) is 0 Å². The van der Waals surface area contributed by atoms with Crippen LogP contribution in [0.3, 0.4) is 0 Å². The van der Waals surface area contributed by atoms with Gasteiger partial charge >= 0.3 is 0 Å². The quantitative estimate of drug-likeness (QED) is 0.178. The Kier molecular flexibility index (Phi) is 6.93. The molecule has 0 saturated heterocycles. The number of aromatic nitrogens is 1. The van der Waals surface area contributed by atoms with Crippen LogP contribution in [0.25, 0.3) is 116 Å². The number of allylic oxidation sites excluding steroid dienone is 3. The third kappa shape index (κ3) is 4.90. The molecule has 4 aromatic heterocycles. The summed E-state index contributed by atoms with van der Waals surface area (Å²) >= 11 is 0. The summed E-state index contributed by atoms with van der Waals surface area (Å²) in [6.45, 7) is 2.13. The van der Waals surface area contributed by atoms with Gasteiger partial charge in [-0.25, -0.2) is 0 Å². The first-order valence-electron chi connectivity index (χ1n) is 19.5. The molecule has 0 radical (unpaired) electrons. The van der Waals surface area contributed by atoms with Crippen molar-refractivity contribution in [2.45, 2.75) is 6.92 Å². The molecular formula is C53H34N2O3. The molecule has 12 aromatic rings. The predicted octanol–water partition coefficient (Wildman–Crippen LogP) is 14.6. The molecule has 0 atom stereocenters. The second-order valence-corrected chi connectivity index (χ2v) is 15.1. The molecule has 0 aliphatic heterocycles. The van der Waals surface area contributed by atoms with Gasteiger partial charge in [-0.3, -0.25) is 0 Å². The molecule has 0 unspecified atom stereocenters. The van der Waals surface area contributed by atoms with Crippen LogP contribution < -0.4 is 5.73 Å². The molecule has 5 heteroatoms. The van der Waals surface area contributed by atoms with Gasteiger partial charge in [0.25, 0.3) is 0 Å². The maximum absolute atomic E-state index is 6.37. The van der Waals surface area contributed by atoms with Gasteiger partial charge in [-0.1, -0.05) is 78.9 Å². The lowest BCUT2D eigenvalue weighted by atomic mass is 9.97. The van der Waals surface area contributed by atoms with Gasteiger partial charge in [0.05, 0.1) is 11.0 Å². The van der Waals surface area contributed by atoms with E-state index >= 15 is 0 Å². The Labute approximate surface area is 332 Å². The maximum atomic E-state index is 6.37. The summed E-state index contributed by atoms with van der Waals surface area (Å²) in [6, 6.07) is 57.4. The molecule has 0 amide bonds. The average molecular weight is 747 g/mol. The van der Waals surface area contributed by atoms with E-state index in [1.165, 1.54) is 21.8 Å². The lowest BCUT2D eigenvalue weighted by Gasteiger charge is -2.08. The van der Waals surface area contributed by atoms with Crippen molar-refractivity contribution in [3.05, 3.63) is 187 Å². The van der Waals surface area contributed by atoms with Gasteiger partial charge in [-0.15, -0.1) is 0 Å². The smallest absolute Gasteiger partial charge is 0.135 e. The standard InChI is InChI=1S/C53H34N2O3/c1-31(32-14-19-50-42(25-32)45-29-37(18-23-53(45)58-50)55-46-11-5-2-8-38(46)39-9-3-6-12-47(39)55)24-36(30-54)35-17-22-52-44(28-35)43-27-34(16-21-51(43)57-52)33-15-20-49-41(26-33)40-10-4-7-13-48(40)56-49/h2-30H,54H2,1H3/b31-24+,36-30+. The molecule has 0 saturated carbocycles. The van der Waals surface area contributed by atoms with E-state index in [4.69, 9.17) is 19.0 Å². The van der Waals surface area contributed by atoms with E-state index in [-0.39, 0.29) is 0 Å². The van der Waals surface area contributed by atoms with Crippen LogP contribution in [-0.2, 0) is 0 Å². The average Bonchev–Trinajstić information content (AvgIpc) is 4.03. The lowest BCUT2D eigenvalue weighted by Crippen LogP contribution is -1.93. The first-order valence-corrected chi connectivity index (χ1v) is 19.5. The molecule has 0 aliphatic rings. The van der Waals surface area contributed by atoms with Crippen molar-refractivity contribution in [2.24, 2.45) is 5.73 Å². The molecule has 0 fully saturated rings. The number of nitrogens with zero attached hydrogens (tertiary/aromatic N) is 1.